The Hall–Kier alpha value is -2.49. The number of nitrogens with zero attached hydrogens (tertiary/aromatic N) is 1. The maximum atomic E-state index is 12.8. The lowest BCUT2D eigenvalue weighted by Crippen LogP contribution is -2.40. The summed E-state index contributed by atoms with van der Waals surface area (Å²) >= 11 is 0. The first-order valence-electron chi connectivity index (χ1n) is 9.20. The second kappa shape index (κ2) is 9.82. The molecule has 0 bridgehead atoms. The third-order valence-electron chi connectivity index (χ3n) is 4.28. The number of hydrogen-bond donors (Lipinski definition) is 0. The Balaban J connectivity index is 1.50. The van der Waals surface area contributed by atoms with Gasteiger partial charge in [-0.05, 0) is 42.5 Å². The Kier molecular flexibility index (Phi) is 7.18. The molecule has 2 aromatic rings. The quantitative estimate of drug-likeness (QED) is 0.479. The number of hydrogen-bond acceptors (Lipinski definition) is 6. The van der Waals surface area contributed by atoms with E-state index in [2.05, 4.69) is 0 Å². The summed E-state index contributed by atoms with van der Waals surface area (Å²) in [7, 11) is -3.68. The highest BCUT2D eigenvalue weighted by atomic mass is 32.2. The first kappa shape index (κ1) is 21.2. The van der Waals surface area contributed by atoms with E-state index in [0.717, 1.165) is 0 Å². The topological polar surface area (TPSA) is 82.1 Å². The van der Waals surface area contributed by atoms with Crippen LogP contribution in [-0.2, 0) is 19.5 Å². The van der Waals surface area contributed by atoms with Crippen LogP contribution in [0.25, 0.3) is 0 Å². The highest BCUT2D eigenvalue weighted by Gasteiger charge is 2.27. The van der Waals surface area contributed by atoms with E-state index in [0.29, 0.717) is 32.0 Å². The Morgan fingerprint density at radius 1 is 1.07 bits per heavy atom. The number of rotatable bonds is 8. The van der Waals surface area contributed by atoms with Gasteiger partial charge < -0.3 is 14.2 Å². The van der Waals surface area contributed by atoms with E-state index in [4.69, 9.17) is 14.2 Å². The highest BCUT2D eigenvalue weighted by Crippen LogP contribution is 2.19. The molecule has 1 saturated heterocycles. The number of esters is 1. The van der Waals surface area contributed by atoms with Crippen molar-refractivity contribution < 1.29 is 31.8 Å². The molecule has 0 radical (unpaired) electrons. The summed E-state index contributed by atoms with van der Waals surface area (Å²) in [4.78, 5) is 12.3. The van der Waals surface area contributed by atoms with E-state index in [1.807, 2.05) is 0 Å². The van der Waals surface area contributed by atoms with Crippen LogP contribution in [0.2, 0.25) is 0 Å². The lowest BCUT2D eigenvalue weighted by atomic mass is 10.2. The van der Waals surface area contributed by atoms with Gasteiger partial charge in [0.25, 0.3) is 0 Å². The van der Waals surface area contributed by atoms with Crippen molar-refractivity contribution in [3.63, 3.8) is 0 Å². The fourth-order valence-electron chi connectivity index (χ4n) is 2.75. The minimum atomic E-state index is -3.68. The third-order valence-corrected chi connectivity index (χ3v) is 6.18. The highest BCUT2D eigenvalue weighted by molar-refractivity contribution is 7.89. The summed E-state index contributed by atoms with van der Waals surface area (Å²) in [6.07, 6.45) is 0.439. The van der Waals surface area contributed by atoms with Crippen LogP contribution in [0.1, 0.15) is 16.8 Å². The van der Waals surface area contributed by atoms with E-state index in [1.54, 1.807) is 0 Å². The fraction of sp³-hybridized carbons (Fsp3) is 0.350. The van der Waals surface area contributed by atoms with Gasteiger partial charge in [0.15, 0.2) is 0 Å². The van der Waals surface area contributed by atoms with Crippen molar-refractivity contribution in [2.45, 2.75) is 11.3 Å². The van der Waals surface area contributed by atoms with Gasteiger partial charge in [0.05, 0.1) is 36.9 Å². The minimum absolute atomic E-state index is 0.0495. The van der Waals surface area contributed by atoms with Gasteiger partial charge in [0, 0.05) is 19.5 Å². The molecule has 7 nitrogen and oxygen atoms in total. The molecule has 2 aromatic carbocycles. The fourth-order valence-corrected chi connectivity index (χ4v) is 4.20. The largest absolute Gasteiger partial charge is 0.493 e. The zero-order valence-electron chi connectivity index (χ0n) is 15.8. The molecular formula is C20H22FNO6S. The molecule has 0 atom stereocenters. The second-order valence-corrected chi connectivity index (χ2v) is 8.27. The maximum absolute atomic E-state index is 12.8. The Morgan fingerprint density at radius 3 is 2.52 bits per heavy atom. The van der Waals surface area contributed by atoms with Gasteiger partial charge in [0.1, 0.15) is 11.6 Å². The Morgan fingerprint density at radius 2 is 1.79 bits per heavy atom. The number of sulfonamides is 1. The summed E-state index contributed by atoms with van der Waals surface area (Å²) in [5.74, 6) is -0.422. The van der Waals surface area contributed by atoms with Crippen molar-refractivity contribution in [2.24, 2.45) is 0 Å². The minimum Gasteiger partial charge on any atom is -0.493 e. The summed E-state index contributed by atoms with van der Waals surface area (Å²) in [5.41, 5.74) is 0.166. The molecule has 0 aliphatic carbocycles. The first-order valence-corrected chi connectivity index (χ1v) is 10.6. The molecule has 1 heterocycles. The molecule has 0 unspecified atom stereocenters. The van der Waals surface area contributed by atoms with E-state index in [1.165, 1.54) is 52.8 Å². The summed E-state index contributed by atoms with van der Waals surface area (Å²) in [5, 5.41) is 0. The zero-order valence-corrected chi connectivity index (χ0v) is 16.6. The van der Waals surface area contributed by atoms with Crippen LogP contribution in [0.3, 0.4) is 0 Å². The third kappa shape index (κ3) is 5.75. The van der Waals surface area contributed by atoms with Crippen molar-refractivity contribution in [2.75, 3.05) is 39.5 Å². The van der Waals surface area contributed by atoms with Crippen molar-refractivity contribution in [1.29, 1.82) is 0 Å². The lowest BCUT2D eigenvalue weighted by Gasteiger charge is -2.26. The number of halogens is 1. The predicted molar refractivity (Wildman–Crippen MR) is 103 cm³/mol. The molecule has 3 rings (SSSR count). The van der Waals surface area contributed by atoms with E-state index < -0.39 is 16.0 Å². The van der Waals surface area contributed by atoms with Crippen molar-refractivity contribution in [3.8, 4) is 5.75 Å². The van der Waals surface area contributed by atoms with Crippen LogP contribution in [0, 0.1) is 5.82 Å². The molecule has 0 saturated carbocycles. The molecule has 1 aliphatic rings. The molecular weight excluding hydrogens is 401 g/mol. The van der Waals surface area contributed by atoms with Crippen molar-refractivity contribution in [3.05, 3.63) is 59.9 Å². The van der Waals surface area contributed by atoms with Gasteiger partial charge in [-0.2, -0.15) is 4.31 Å². The number of morpholine rings is 1. The molecule has 29 heavy (non-hydrogen) atoms. The molecule has 0 N–H and O–H groups in total. The molecule has 156 valence electrons. The molecule has 1 aliphatic heterocycles. The van der Waals surface area contributed by atoms with Crippen LogP contribution < -0.4 is 4.74 Å². The van der Waals surface area contributed by atoms with E-state index in [9.17, 15) is 17.6 Å². The molecule has 0 aromatic heterocycles. The van der Waals surface area contributed by atoms with E-state index >= 15 is 0 Å². The van der Waals surface area contributed by atoms with Crippen LogP contribution in [0.4, 0.5) is 4.39 Å². The number of carbonyl (C=O) groups is 1. The summed E-state index contributed by atoms with van der Waals surface area (Å²) < 4.78 is 55.4. The van der Waals surface area contributed by atoms with Crippen LogP contribution in [-0.4, -0.2) is 58.2 Å². The lowest BCUT2D eigenvalue weighted by molar-refractivity contribution is 0.0485. The monoisotopic (exact) mass is 423 g/mol. The van der Waals surface area contributed by atoms with Gasteiger partial charge in [-0.3, -0.25) is 0 Å². The Labute approximate surface area is 169 Å². The van der Waals surface area contributed by atoms with Crippen molar-refractivity contribution >= 4 is 16.0 Å². The smallest absolute Gasteiger partial charge is 0.338 e. The predicted octanol–water partition coefficient (Wildman–Crippen LogP) is 2.47. The zero-order chi connectivity index (χ0) is 20.7. The van der Waals surface area contributed by atoms with Gasteiger partial charge in [0.2, 0.25) is 10.0 Å². The normalized spacial score (nSPS) is 15.1. The molecule has 1 fully saturated rings. The number of carbonyl (C=O) groups excluding carboxylic acids is 1. The molecule has 0 amide bonds. The SMILES string of the molecule is O=C(OCCCOc1ccc(F)cc1)c1cccc(S(=O)(=O)N2CCOCC2)c1. The standard InChI is InChI=1S/C20H22FNO6S/c21-17-5-7-18(8-6-17)27-11-2-12-28-20(23)16-3-1-4-19(15-16)29(24,25)22-9-13-26-14-10-22/h1,3-8,15H,2,9-14H2. The van der Waals surface area contributed by atoms with Crippen LogP contribution in [0.5, 0.6) is 5.75 Å². The molecule has 9 heteroatoms. The van der Waals surface area contributed by atoms with E-state index in [-0.39, 0.29) is 36.0 Å². The average Bonchev–Trinajstić information content (AvgIpc) is 2.75. The molecule has 0 spiro atoms. The number of ether oxygens (including phenoxy) is 3. The van der Waals surface area contributed by atoms with Crippen molar-refractivity contribution in [1.82, 2.24) is 4.31 Å². The summed E-state index contributed by atoms with van der Waals surface area (Å²) in [6, 6.07) is 11.4. The van der Waals surface area contributed by atoms with Gasteiger partial charge in [-0.15, -0.1) is 0 Å². The summed E-state index contributed by atoms with van der Waals surface area (Å²) in [6.45, 7) is 1.67. The first-order chi connectivity index (χ1) is 14.0. The van der Waals surface area contributed by atoms with Gasteiger partial charge in [-0.25, -0.2) is 17.6 Å². The van der Waals surface area contributed by atoms with Gasteiger partial charge in [-0.1, -0.05) is 6.07 Å². The second-order valence-electron chi connectivity index (χ2n) is 6.34. The van der Waals surface area contributed by atoms with Crippen LogP contribution >= 0.6 is 0 Å². The van der Waals surface area contributed by atoms with Crippen LogP contribution in [0.15, 0.2) is 53.4 Å². The number of benzene rings is 2. The van der Waals surface area contributed by atoms with Gasteiger partial charge >= 0.3 is 5.97 Å². The average molecular weight is 423 g/mol. The maximum Gasteiger partial charge on any atom is 0.338 e. The Bertz CT molecular complexity index is 926.